The number of anilines is 1. The molecule has 1 heterocycles. The van der Waals surface area contributed by atoms with Gasteiger partial charge < -0.3 is 14.7 Å². The minimum atomic E-state index is -0.0265. The van der Waals surface area contributed by atoms with E-state index in [9.17, 15) is 5.26 Å². The summed E-state index contributed by atoms with van der Waals surface area (Å²) in [5, 5.41) is 18.4. The second-order valence-corrected chi connectivity index (χ2v) is 5.03. The molecular formula is C15H20N2O2. The van der Waals surface area contributed by atoms with Gasteiger partial charge in [0.25, 0.3) is 0 Å². The molecule has 2 rings (SSSR count). The van der Waals surface area contributed by atoms with Crippen LogP contribution in [0.15, 0.2) is 18.2 Å². The number of benzene rings is 1. The van der Waals surface area contributed by atoms with E-state index in [2.05, 4.69) is 11.0 Å². The van der Waals surface area contributed by atoms with Crippen LogP contribution in [0.25, 0.3) is 0 Å². The second-order valence-electron chi connectivity index (χ2n) is 5.03. The third-order valence-corrected chi connectivity index (χ3v) is 3.63. The van der Waals surface area contributed by atoms with Gasteiger partial charge in [0.15, 0.2) is 0 Å². The molecule has 0 aliphatic carbocycles. The summed E-state index contributed by atoms with van der Waals surface area (Å²) in [5.41, 5.74) is 2.40. The zero-order valence-electron chi connectivity index (χ0n) is 11.3. The number of piperidine rings is 1. The average molecular weight is 260 g/mol. The topological polar surface area (TPSA) is 56.5 Å². The van der Waals surface area contributed by atoms with Gasteiger partial charge >= 0.3 is 0 Å². The van der Waals surface area contributed by atoms with Crippen LogP contribution in [0.5, 0.6) is 0 Å². The fraction of sp³-hybridized carbons (Fsp3) is 0.533. The maximum Gasteiger partial charge on any atom is 0.101 e. The molecule has 1 saturated heterocycles. The lowest BCUT2D eigenvalue weighted by Crippen LogP contribution is -2.37. The van der Waals surface area contributed by atoms with Gasteiger partial charge in [-0.05, 0) is 36.5 Å². The lowest BCUT2D eigenvalue weighted by molar-refractivity contribution is 0.143. The molecule has 1 aromatic carbocycles. The SMILES string of the molecule is COCC1CCCN(c2ccc(CO)cc2C#N)C1. The molecule has 1 aromatic rings. The van der Waals surface area contributed by atoms with Crippen molar-refractivity contribution in [3.63, 3.8) is 0 Å². The van der Waals surface area contributed by atoms with Crippen LogP contribution in [-0.2, 0) is 11.3 Å². The first kappa shape index (κ1) is 13.9. The van der Waals surface area contributed by atoms with Crippen LogP contribution in [0.2, 0.25) is 0 Å². The van der Waals surface area contributed by atoms with Crippen molar-refractivity contribution < 1.29 is 9.84 Å². The van der Waals surface area contributed by atoms with E-state index in [1.54, 1.807) is 13.2 Å². The fourth-order valence-corrected chi connectivity index (χ4v) is 2.70. The van der Waals surface area contributed by atoms with Crippen molar-refractivity contribution in [1.82, 2.24) is 0 Å². The first-order valence-corrected chi connectivity index (χ1v) is 6.66. The molecule has 19 heavy (non-hydrogen) atoms. The smallest absolute Gasteiger partial charge is 0.101 e. The fourth-order valence-electron chi connectivity index (χ4n) is 2.70. The van der Waals surface area contributed by atoms with Gasteiger partial charge in [0.2, 0.25) is 0 Å². The zero-order chi connectivity index (χ0) is 13.7. The minimum Gasteiger partial charge on any atom is -0.392 e. The summed E-state index contributed by atoms with van der Waals surface area (Å²) >= 11 is 0. The van der Waals surface area contributed by atoms with E-state index in [0.717, 1.165) is 37.4 Å². The lowest BCUT2D eigenvalue weighted by atomic mass is 9.97. The summed E-state index contributed by atoms with van der Waals surface area (Å²) < 4.78 is 5.23. The van der Waals surface area contributed by atoms with Gasteiger partial charge in [-0.1, -0.05) is 6.07 Å². The van der Waals surface area contributed by atoms with E-state index in [1.807, 2.05) is 12.1 Å². The molecule has 0 spiro atoms. The van der Waals surface area contributed by atoms with Gasteiger partial charge in [-0.3, -0.25) is 0 Å². The summed E-state index contributed by atoms with van der Waals surface area (Å²) in [4.78, 5) is 2.26. The molecule has 1 fully saturated rings. The Hall–Kier alpha value is -1.57. The monoisotopic (exact) mass is 260 g/mol. The highest BCUT2D eigenvalue weighted by Crippen LogP contribution is 2.27. The van der Waals surface area contributed by atoms with E-state index < -0.39 is 0 Å². The Bertz CT molecular complexity index is 466. The minimum absolute atomic E-state index is 0.0265. The zero-order valence-corrected chi connectivity index (χ0v) is 11.3. The first-order chi connectivity index (χ1) is 9.28. The van der Waals surface area contributed by atoms with Crippen LogP contribution in [0, 0.1) is 17.2 Å². The molecule has 4 heteroatoms. The van der Waals surface area contributed by atoms with Crippen molar-refractivity contribution in [3.05, 3.63) is 29.3 Å². The third kappa shape index (κ3) is 3.25. The summed E-state index contributed by atoms with van der Waals surface area (Å²) in [5.74, 6) is 0.530. The van der Waals surface area contributed by atoms with Crippen LogP contribution in [0.3, 0.4) is 0 Å². The van der Waals surface area contributed by atoms with Crippen LogP contribution < -0.4 is 4.90 Å². The summed E-state index contributed by atoms with van der Waals surface area (Å²) in [6.45, 7) is 2.66. The predicted molar refractivity (Wildman–Crippen MR) is 73.9 cm³/mol. The van der Waals surface area contributed by atoms with Crippen LogP contribution in [0.4, 0.5) is 5.69 Å². The molecule has 0 bridgehead atoms. The molecule has 1 unspecified atom stereocenters. The van der Waals surface area contributed by atoms with Gasteiger partial charge in [-0.15, -0.1) is 0 Å². The highest BCUT2D eigenvalue weighted by molar-refractivity contribution is 5.60. The maximum absolute atomic E-state index is 9.26. The Morgan fingerprint density at radius 1 is 1.53 bits per heavy atom. The van der Waals surface area contributed by atoms with E-state index in [0.29, 0.717) is 11.5 Å². The highest BCUT2D eigenvalue weighted by atomic mass is 16.5. The summed E-state index contributed by atoms with van der Waals surface area (Å²) in [6, 6.07) is 7.83. The Balaban J connectivity index is 2.19. The number of nitriles is 1. The largest absolute Gasteiger partial charge is 0.392 e. The number of ether oxygens (including phenoxy) is 1. The van der Waals surface area contributed by atoms with Crippen LogP contribution in [-0.4, -0.2) is 31.9 Å². The highest BCUT2D eigenvalue weighted by Gasteiger charge is 2.21. The third-order valence-electron chi connectivity index (χ3n) is 3.63. The Morgan fingerprint density at radius 2 is 2.37 bits per heavy atom. The maximum atomic E-state index is 9.26. The molecule has 1 aliphatic rings. The van der Waals surface area contributed by atoms with Crippen molar-refractivity contribution in [2.24, 2.45) is 5.92 Å². The summed E-state index contributed by atoms with van der Waals surface area (Å²) in [6.07, 6.45) is 2.31. The number of rotatable bonds is 4. The molecule has 0 amide bonds. The molecule has 1 aliphatic heterocycles. The van der Waals surface area contributed by atoms with E-state index in [1.165, 1.54) is 6.42 Å². The van der Waals surface area contributed by atoms with Crippen LogP contribution >= 0.6 is 0 Å². The molecule has 1 atom stereocenters. The van der Waals surface area contributed by atoms with E-state index in [-0.39, 0.29) is 6.61 Å². The quantitative estimate of drug-likeness (QED) is 0.898. The number of aliphatic hydroxyl groups is 1. The van der Waals surface area contributed by atoms with Gasteiger partial charge in [0.1, 0.15) is 6.07 Å². The molecule has 0 radical (unpaired) electrons. The van der Waals surface area contributed by atoms with E-state index in [4.69, 9.17) is 9.84 Å². The molecule has 1 N–H and O–H groups in total. The summed E-state index contributed by atoms with van der Waals surface area (Å²) in [7, 11) is 1.73. The average Bonchev–Trinajstić information content (AvgIpc) is 2.47. The van der Waals surface area contributed by atoms with Crippen molar-refractivity contribution in [2.75, 3.05) is 31.7 Å². The second kappa shape index (κ2) is 6.55. The Morgan fingerprint density at radius 3 is 3.05 bits per heavy atom. The number of aliphatic hydroxyl groups excluding tert-OH is 1. The van der Waals surface area contributed by atoms with Gasteiger partial charge in [0.05, 0.1) is 24.5 Å². The van der Waals surface area contributed by atoms with Gasteiger partial charge in [-0.25, -0.2) is 0 Å². The van der Waals surface area contributed by atoms with Gasteiger partial charge in [-0.2, -0.15) is 5.26 Å². The molecular weight excluding hydrogens is 240 g/mol. The first-order valence-electron chi connectivity index (χ1n) is 6.66. The number of nitrogens with zero attached hydrogens (tertiary/aromatic N) is 2. The van der Waals surface area contributed by atoms with Crippen molar-refractivity contribution in [1.29, 1.82) is 5.26 Å². The van der Waals surface area contributed by atoms with E-state index >= 15 is 0 Å². The van der Waals surface area contributed by atoms with Crippen LogP contribution in [0.1, 0.15) is 24.0 Å². The standard InChI is InChI=1S/C15H20N2O2/c1-19-11-13-3-2-6-17(9-13)15-5-4-12(10-18)7-14(15)8-16/h4-5,7,13,18H,2-3,6,9-11H2,1H3. The Labute approximate surface area is 114 Å². The molecule has 102 valence electrons. The Kier molecular flexibility index (Phi) is 4.78. The predicted octanol–water partition coefficient (Wildman–Crippen LogP) is 1.91. The molecule has 0 aromatic heterocycles. The number of hydrogen-bond donors (Lipinski definition) is 1. The van der Waals surface area contributed by atoms with Gasteiger partial charge in [0, 0.05) is 20.2 Å². The number of hydrogen-bond acceptors (Lipinski definition) is 4. The molecule has 0 saturated carbocycles. The lowest BCUT2D eigenvalue weighted by Gasteiger charge is -2.34. The van der Waals surface area contributed by atoms with Crippen molar-refractivity contribution in [3.8, 4) is 6.07 Å². The molecule has 4 nitrogen and oxygen atoms in total. The van der Waals surface area contributed by atoms with Crippen molar-refractivity contribution >= 4 is 5.69 Å². The van der Waals surface area contributed by atoms with Crippen molar-refractivity contribution in [2.45, 2.75) is 19.4 Å². The number of methoxy groups -OCH3 is 1. The normalized spacial score (nSPS) is 19.2.